The Labute approximate surface area is 159 Å². The van der Waals surface area contributed by atoms with Crippen molar-refractivity contribution in [3.8, 4) is 0 Å². The zero-order valence-electron chi connectivity index (χ0n) is 14.8. The number of anilines is 1. The maximum absolute atomic E-state index is 13.2. The Bertz CT molecular complexity index is 832. The van der Waals surface area contributed by atoms with Gasteiger partial charge in [0.15, 0.2) is 5.82 Å². The summed E-state index contributed by atoms with van der Waals surface area (Å²) in [6.07, 6.45) is 0.255. The second-order valence-electron chi connectivity index (χ2n) is 7.15. The number of rotatable bonds is 2. The van der Waals surface area contributed by atoms with E-state index in [1.165, 1.54) is 11.3 Å². The Morgan fingerprint density at radius 1 is 1.07 bits per heavy atom. The van der Waals surface area contributed by atoms with Crippen LogP contribution in [0, 0.1) is 5.92 Å². The number of hydrogen-bond acceptors (Lipinski definition) is 5. The molecule has 146 valence electrons. The van der Waals surface area contributed by atoms with Crippen LogP contribution in [0.2, 0.25) is 0 Å². The molecule has 2 aromatic rings. The van der Waals surface area contributed by atoms with E-state index in [0.29, 0.717) is 42.2 Å². The molecular formula is C18H21F3N4OS. The van der Waals surface area contributed by atoms with E-state index in [0.717, 1.165) is 32.1 Å². The molecule has 0 bridgehead atoms. The van der Waals surface area contributed by atoms with Gasteiger partial charge in [0.05, 0.1) is 10.2 Å². The van der Waals surface area contributed by atoms with Crippen LogP contribution in [0.3, 0.4) is 0 Å². The Morgan fingerprint density at radius 2 is 1.85 bits per heavy atom. The van der Waals surface area contributed by atoms with E-state index in [2.05, 4.69) is 9.97 Å². The van der Waals surface area contributed by atoms with E-state index in [9.17, 15) is 18.0 Å². The molecule has 0 atom stereocenters. The van der Waals surface area contributed by atoms with Crippen molar-refractivity contribution in [3.05, 3.63) is 17.3 Å². The molecule has 1 amide bonds. The fourth-order valence-corrected chi connectivity index (χ4v) is 4.82. The van der Waals surface area contributed by atoms with Crippen LogP contribution in [-0.4, -0.2) is 47.0 Å². The minimum absolute atomic E-state index is 0.122. The molecule has 2 fully saturated rings. The molecule has 0 spiro atoms. The first-order valence-corrected chi connectivity index (χ1v) is 10.2. The first-order chi connectivity index (χ1) is 12.9. The highest BCUT2D eigenvalue weighted by Crippen LogP contribution is 2.34. The van der Waals surface area contributed by atoms with Crippen LogP contribution in [0.5, 0.6) is 0 Å². The summed E-state index contributed by atoms with van der Waals surface area (Å²) < 4.78 is 40.3. The molecule has 27 heavy (non-hydrogen) atoms. The van der Waals surface area contributed by atoms with E-state index in [-0.39, 0.29) is 11.8 Å². The SMILES string of the molecule is O=C(C1CCCC1)N1CCCN(c2nc(C(F)(F)F)nc3ccsc23)CC1. The van der Waals surface area contributed by atoms with Crippen LogP contribution in [-0.2, 0) is 11.0 Å². The number of amides is 1. The predicted octanol–water partition coefficient (Wildman–Crippen LogP) is 3.94. The average molecular weight is 398 g/mol. The lowest BCUT2D eigenvalue weighted by Crippen LogP contribution is -2.38. The third-order valence-electron chi connectivity index (χ3n) is 5.35. The van der Waals surface area contributed by atoms with Crippen molar-refractivity contribution in [2.24, 2.45) is 5.92 Å². The highest BCUT2D eigenvalue weighted by Gasteiger charge is 2.36. The van der Waals surface area contributed by atoms with Gasteiger partial charge in [0.2, 0.25) is 11.7 Å². The molecule has 9 heteroatoms. The lowest BCUT2D eigenvalue weighted by atomic mass is 10.1. The number of fused-ring (bicyclic) bond motifs is 1. The third kappa shape index (κ3) is 3.74. The summed E-state index contributed by atoms with van der Waals surface area (Å²) in [7, 11) is 0. The van der Waals surface area contributed by atoms with Crippen molar-refractivity contribution in [3.63, 3.8) is 0 Å². The summed E-state index contributed by atoms with van der Waals surface area (Å²) in [6, 6.07) is 1.59. The Morgan fingerprint density at radius 3 is 2.59 bits per heavy atom. The summed E-state index contributed by atoms with van der Waals surface area (Å²) in [4.78, 5) is 24.0. The third-order valence-corrected chi connectivity index (χ3v) is 6.25. The van der Waals surface area contributed by atoms with Gasteiger partial charge in [-0.15, -0.1) is 11.3 Å². The van der Waals surface area contributed by atoms with Gasteiger partial charge in [0.25, 0.3) is 0 Å². The number of alkyl halides is 3. The summed E-state index contributed by atoms with van der Waals surface area (Å²) >= 11 is 1.35. The average Bonchev–Trinajstić information content (AvgIpc) is 3.27. The van der Waals surface area contributed by atoms with Crippen LogP contribution in [0.4, 0.5) is 19.0 Å². The van der Waals surface area contributed by atoms with E-state index < -0.39 is 12.0 Å². The number of carbonyl (C=O) groups excluding carboxylic acids is 1. The van der Waals surface area contributed by atoms with Crippen LogP contribution < -0.4 is 4.90 Å². The van der Waals surface area contributed by atoms with Gasteiger partial charge >= 0.3 is 6.18 Å². The maximum atomic E-state index is 13.2. The molecule has 2 aliphatic rings. The predicted molar refractivity (Wildman–Crippen MR) is 97.8 cm³/mol. The number of nitrogens with zero attached hydrogens (tertiary/aromatic N) is 4. The second-order valence-corrected chi connectivity index (χ2v) is 8.07. The summed E-state index contributed by atoms with van der Waals surface area (Å²) in [5.74, 6) is -0.449. The number of thiophene rings is 1. The van der Waals surface area contributed by atoms with Crippen molar-refractivity contribution in [1.82, 2.24) is 14.9 Å². The topological polar surface area (TPSA) is 49.3 Å². The van der Waals surface area contributed by atoms with E-state index in [1.807, 2.05) is 9.80 Å². The van der Waals surface area contributed by atoms with Crippen LogP contribution in [0.25, 0.3) is 10.2 Å². The van der Waals surface area contributed by atoms with Gasteiger partial charge < -0.3 is 9.80 Å². The number of aromatic nitrogens is 2. The summed E-state index contributed by atoms with van der Waals surface area (Å²) in [5.41, 5.74) is 0.320. The Balaban J connectivity index is 1.57. The fraction of sp³-hybridized carbons (Fsp3) is 0.611. The molecule has 4 rings (SSSR count). The molecule has 1 saturated heterocycles. The van der Waals surface area contributed by atoms with Gasteiger partial charge in [0, 0.05) is 32.1 Å². The fourth-order valence-electron chi connectivity index (χ4n) is 3.97. The maximum Gasteiger partial charge on any atom is 0.451 e. The smallest absolute Gasteiger partial charge is 0.353 e. The van der Waals surface area contributed by atoms with Gasteiger partial charge in [-0.05, 0) is 30.7 Å². The normalized spacial score (nSPS) is 19.7. The van der Waals surface area contributed by atoms with Crippen LogP contribution in [0.15, 0.2) is 11.4 Å². The summed E-state index contributed by atoms with van der Waals surface area (Å²) in [6.45, 7) is 2.24. The first kappa shape index (κ1) is 18.5. The molecule has 1 aliphatic carbocycles. The lowest BCUT2D eigenvalue weighted by Gasteiger charge is -2.25. The van der Waals surface area contributed by atoms with Crippen molar-refractivity contribution >= 4 is 33.3 Å². The van der Waals surface area contributed by atoms with Gasteiger partial charge in [-0.1, -0.05) is 12.8 Å². The molecule has 3 heterocycles. The van der Waals surface area contributed by atoms with Gasteiger partial charge in [-0.25, -0.2) is 9.97 Å². The highest BCUT2D eigenvalue weighted by atomic mass is 32.1. The molecule has 0 aromatic carbocycles. The standard InChI is InChI=1S/C18H21F3N4OS/c19-18(20,21)17-22-13-6-11-27-14(13)15(23-17)24-7-3-8-25(10-9-24)16(26)12-4-1-2-5-12/h6,11-12H,1-5,7-10H2. The largest absolute Gasteiger partial charge is 0.451 e. The van der Waals surface area contributed by atoms with Gasteiger partial charge in [0.1, 0.15) is 0 Å². The number of halogens is 3. The summed E-state index contributed by atoms with van der Waals surface area (Å²) in [5, 5.41) is 1.73. The molecular weight excluding hydrogens is 377 g/mol. The molecule has 5 nitrogen and oxygen atoms in total. The zero-order valence-corrected chi connectivity index (χ0v) is 15.7. The molecule has 0 unspecified atom stereocenters. The molecule has 1 aliphatic heterocycles. The quantitative estimate of drug-likeness (QED) is 0.769. The Hall–Kier alpha value is -1.90. The lowest BCUT2D eigenvalue weighted by molar-refractivity contribution is -0.144. The van der Waals surface area contributed by atoms with E-state index in [1.54, 1.807) is 11.4 Å². The molecule has 1 saturated carbocycles. The highest BCUT2D eigenvalue weighted by molar-refractivity contribution is 7.17. The second kappa shape index (κ2) is 7.26. The minimum atomic E-state index is -4.58. The molecule has 0 N–H and O–H groups in total. The molecule has 2 aromatic heterocycles. The van der Waals surface area contributed by atoms with E-state index >= 15 is 0 Å². The number of carbonyl (C=O) groups is 1. The van der Waals surface area contributed by atoms with Crippen molar-refractivity contribution < 1.29 is 18.0 Å². The van der Waals surface area contributed by atoms with Gasteiger partial charge in [-0.2, -0.15) is 13.2 Å². The first-order valence-electron chi connectivity index (χ1n) is 9.29. The van der Waals surface area contributed by atoms with Crippen molar-refractivity contribution in [1.29, 1.82) is 0 Å². The monoisotopic (exact) mass is 398 g/mol. The van der Waals surface area contributed by atoms with Gasteiger partial charge in [-0.3, -0.25) is 4.79 Å². The van der Waals surface area contributed by atoms with Crippen molar-refractivity contribution in [2.75, 3.05) is 31.1 Å². The zero-order chi connectivity index (χ0) is 19.0. The minimum Gasteiger partial charge on any atom is -0.353 e. The van der Waals surface area contributed by atoms with Crippen LogP contribution in [0.1, 0.15) is 37.9 Å². The van der Waals surface area contributed by atoms with Crippen molar-refractivity contribution in [2.45, 2.75) is 38.3 Å². The van der Waals surface area contributed by atoms with Crippen LogP contribution >= 0.6 is 11.3 Å². The molecule has 0 radical (unpaired) electrons. The Kier molecular flexibility index (Phi) is 4.96. The number of hydrogen-bond donors (Lipinski definition) is 0. The van der Waals surface area contributed by atoms with E-state index in [4.69, 9.17) is 0 Å².